The lowest BCUT2D eigenvalue weighted by molar-refractivity contribution is 0.508. The van der Waals surface area contributed by atoms with Crippen molar-refractivity contribution >= 4 is 11.1 Å². The summed E-state index contributed by atoms with van der Waals surface area (Å²) in [6.07, 6.45) is 0. The second-order valence-electron chi connectivity index (χ2n) is 6.75. The number of aromatic nitrogens is 1. The fourth-order valence-electron chi connectivity index (χ4n) is 3.42. The molecule has 0 saturated heterocycles. The second-order valence-corrected chi connectivity index (χ2v) is 6.75. The molecule has 4 heteroatoms. The molecule has 0 aliphatic heterocycles. The van der Waals surface area contributed by atoms with Crippen molar-refractivity contribution in [2.45, 2.75) is 0 Å². The number of fused-ring (bicyclic) bond motifs is 1. The summed E-state index contributed by atoms with van der Waals surface area (Å²) in [6.45, 7) is 0. The maximum Gasteiger partial charge on any atom is 0.227 e. The van der Waals surface area contributed by atoms with Gasteiger partial charge in [-0.15, -0.1) is 0 Å². The molecule has 4 aromatic carbocycles. The molecule has 0 atom stereocenters. The summed E-state index contributed by atoms with van der Waals surface area (Å²) in [6, 6.07) is 27.5. The molecule has 0 spiro atoms. The molecular formula is C25H15F2NO. The number of oxazole rings is 1. The Bertz CT molecular complexity index is 1310. The van der Waals surface area contributed by atoms with Gasteiger partial charge in [0.05, 0.1) is 0 Å². The summed E-state index contributed by atoms with van der Waals surface area (Å²) in [5, 5.41) is 0. The fourth-order valence-corrected chi connectivity index (χ4v) is 3.42. The topological polar surface area (TPSA) is 26.0 Å². The molecule has 5 rings (SSSR count). The summed E-state index contributed by atoms with van der Waals surface area (Å²) in [5.41, 5.74) is 5.61. The molecule has 0 aliphatic carbocycles. The molecule has 0 radical (unpaired) electrons. The van der Waals surface area contributed by atoms with Crippen molar-refractivity contribution in [3.05, 3.63) is 103 Å². The first-order chi connectivity index (χ1) is 14.2. The highest BCUT2D eigenvalue weighted by atomic mass is 19.2. The van der Waals surface area contributed by atoms with Gasteiger partial charge < -0.3 is 4.42 Å². The fraction of sp³-hybridized carbons (Fsp3) is 0. The van der Waals surface area contributed by atoms with Crippen LogP contribution in [0.4, 0.5) is 8.78 Å². The average molecular weight is 383 g/mol. The van der Waals surface area contributed by atoms with E-state index in [9.17, 15) is 8.78 Å². The molecule has 1 heterocycles. The summed E-state index contributed by atoms with van der Waals surface area (Å²) in [4.78, 5) is 4.61. The van der Waals surface area contributed by atoms with Crippen LogP contribution in [-0.2, 0) is 0 Å². The second kappa shape index (κ2) is 6.99. The van der Waals surface area contributed by atoms with Crippen LogP contribution in [0.15, 0.2) is 95.4 Å². The number of benzene rings is 4. The molecule has 0 unspecified atom stereocenters. The van der Waals surface area contributed by atoms with Crippen LogP contribution in [0.2, 0.25) is 0 Å². The van der Waals surface area contributed by atoms with Crippen LogP contribution >= 0.6 is 0 Å². The van der Waals surface area contributed by atoms with Crippen molar-refractivity contribution in [3.63, 3.8) is 0 Å². The Morgan fingerprint density at radius 2 is 1.28 bits per heavy atom. The highest BCUT2D eigenvalue weighted by molar-refractivity contribution is 5.96. The normalized spacial score (nSPS) is 11.1. The SMILES string of the molecule is Fc1ccc(-c2nc3c(-c4ccccc4)cc(-c4ccccc4)cc3o2)cc1F. The molecule has 0 aliphatic rings. The van der Waals surface area contributed by atoms with Crippen LogP contribution in [0.1, 0.15) is 0 Å². The van der Waals surface area contributed by atoms with Crippen LogP contribution in [0, 0.1) is 11.6 Å². The molecule has 5 aromatic rings. The average Bonchev–Trinajstić information content (AvgIpc) is 3.20. The molecule has 1 aromatic heterocycles. The van der Waals surface area contributed by atoms with E-state index in [1.165, 1.54) is 6.07 Å². The van der Waals surface area contributed by atoms with E-state index in [0.717, 1.165) is 34.4 Å². The van der Waals surface area contributed by atoms with Gasteiger partial charge in [0.1, 0.15) is 5.52 Å². The Balaban J connectivity index is 1.75. The number of halogens is 2. The first-order valence-electron chi connectivity index (χ1n) is 9.20. The molecule has 0 fully saturated rings. The summed E-state index contributed by atoms with van der Waals surface area (Å²) >= 11 is 0. The van der Waals surface area contributed by atoms with Crippen molar-refractivity contribution in [3.8, 4) is 33.7 Å². The van der Waals surface area contributed by atoms with Crippen molar-refractivity contribution < 1.29 is 13.2 Å². The van der Waals surface area contributed by atoms with Gasteiger partial charge in [0.15, 0.2) is 17.2 Å². The van der Waals surface area contributed by atoms with E-state index in [1.807, 2.05) is 66.7 Å². The molecule has 0 amide bonds. The monoisotopic (exact) mass is 383 g/mol. The third kappa shape index (κ3) is 3.19. The summed E-state index contributed by atoms with van der Waals surface area (Å²) in [5.74, 6) is -1.58. The third-order valence-electron chi connectivity index (χ3n) is 4.85. The number of rotatable bonds is 3. The molecule has 2 nitrogen and oxygen atoms in total. The first-order valence-corrected chi connectivity index (χ1v) is 9.20. The van der Waals surface area contributed by atoms with Gasteiger partial charge in [-0.05, 0) is 47.0 Å². The van der Waals surface area contributed by atoms with Gasteiger partial charge in [-0.1, -0.05) is 60.7 Å². The first kappa shape index (κ1) is 17.3. The highest BCUT2D eigenvalue weighted by Crippen LogP contribution is 2.36. The van der Waals surface area contributed by atoms with Crippen molar-refractivity contribution in [1.29, 1.82) is 0 Å². The van der Waals surface area contributed by atoms with Crippen LogP contribution in [0.5, 0.6) is 0 Å². The minimum Gasteiger partial charge on any atom is -0.436 e. The Kier molecular flexibility index (Phi) is 4.17. The van der Waals surface area contributed by atoms with E-state index in [0.29, 0.717) is 16.7 Å². The molecule has 0 saturated carbocycles. The zero-order valence-corrected chi connectivity index (χ0v) is 15.3. The predicted molar refractivity (Wildman–Crippen MR) is 110 cm³/mol. The van der Waals surface area contributed by atoms with E-state index in [-0.39, 0.29) is 5.89 Å². The number of nitrogens with zero attached hydrogens (tertiary/aromatic N) is 1. The maximum atomic E-state index is 13.7. The van der Waals surface area contributed by atoms with Crippen molar-refractivity contribution in [1.82, 2.24) is 4.98 Å². The van der Waals surface area contributed by atoms with Gasteiger partial charge in [-0.25, -0.2) is 13.8 Å². The quantitative estimate of drug-likeness (QED) is 0.332. The number of hydrogen-bond donors (Lipinski definition) is 0. The van der Waals surface area contributed by atoms with Crippen LogP contribution in [-0.4, -0.2) is 4.98 Å². The molecule has 0 N–H and O–H groups in total. The van der Waals surface area contributed by atoms with E-state index in [1.54, 1.807) is 0 Å². The van der Waals surface area contributed by atoms with E-state index >= 15 is 0 Å². The standard InChI is InChI=1S/C25H15F2NO/c26-21-12-11-18(14-22(21)27)25-28-24-20(17-9-5-2-6-10-17)13-19(15-23(24)29-25)16-7-3-1-4-8-16/h1-15H. The zero-order valence-electron chi connectivity index (χ0n) is 15.3. The minimum atomic E-state index is -0.932. The number of hydrogen-bond acceptors (Lipinski definition) is 2. The third-order valence-corrected chi connectivity index (χ3v) is 4.85. The molecule has 29 heavy (non-hydrogen) atoms. The van der Waals surface area contributed by atoms with E-state index in [2.05, 4.69) is 11.1 Å². The predicted octanol–water partition coefficient (Wildman–Crippen LogP) is 7.11. The van der Waals surface area contributed by atoms with Gasteiger partial charge in [-0.2, -0.15) is 0 Å². The van der Waals surface area contributed by atoms with Gasteiger partial charge in [0, 0.05) is 11.1 Å². The lowest BCUT2D eigenvalue weighted by Gasteiger charge is -2.07. The van der Waals surface area contributed by atoms with Crippen LogP contribution in [0.3, 0.4) is 0 Å². The Morgan fingerprint density at radius 1 is 0.586 bits per heavy atom. The van der Waals surface area contributed by atoms with E-state index in [4.69, 9.17) is 4.42 Å². The summed E-state index contributed by atoms with van der Waals surface area (Å²) in [7, 11) is 0. The lowest BCUT2D eigenvalue weighted by atomic mass is 9.98. The van der Waals surface area contributed by atoms with Gasteiger partial charge in [0.25, 0.3) is 0 Å². The Morgan fingerprint density at radius 3 is 1.97 bits per heavy atom. The van der Waals surface area contributed by atoms with Crippen LogP contribution < -0.4 is 0 Å². The van der Waals surface area contributed by atoms with Crippen molar-refractivity contribution in [2.24, 2.45) is 0 Å². The summed E-state index contributed by atoms with van der Waals surface area (Å²) < 4.78 is 33.0. The molecule has 140 valence electrons. The smallest absolute Gasteiger partial charge is 0.227 e. The van der Waals surface area contributed by atoms with Crippen molar-refractivity contribution in [2.75, 3.05) is 0 Å². The van der Waals surface area contributed by atoms with Gasteiger partial charge >= 0.3 is 0 Å². The maximum absolute atomic E-state index is 13.7. The minimum absolute atomic E-state index is 0.251. The molecule has 0 bridgehead atoms. The highest BCUT2D eigenvalue weighted by Gasteiger charge is 2.16. The zero-order chi connectivity index (χ0) is 19.8. The van der Waals surface area contributed by atoms with Gasteiger partial charge in [-0.3, -0.25) is 0 Å². The van der Waals surface area contributed by atoms with Crippen LogP contribution in [0.25, 0.3) is 44.8 Å². The lowest BCUT2D eigenvalue weighted by Crippen LogP contribution is -1.86. The van der Waals surface area contributed by atoms with Gasteiger partial charge in [0.2, 0.25) is 5.89 Å². The Hall–Kier alpha value is -3.79. The largest absolute Gasteiger partial charge is 0.436 e. The molecular weight excluding hydrogens is 368 g/mol. The Labute approximate surface area is 166 Å². The van der Waals surface area contributed by atoms with E-state index < -0.39 is 11.6 Å².